The van der Waals surface area contributed by atoms with Crippen LogP contribution in [0.3, 0.4) is 0 Å². The average molecular weight is 259 g/mol. The van der Waals surface area contributed by atoms with Crippen molar-refractivity contribution in [3.8, 4) is 6.01 Å². The monoisotopic (exact) mass is 259 g/mol. The summed E-state index contributed by atoms with van der Waals surface area (Å²) in [6, 6.07) is 0.239. The topological polar surface area (TPSA) is 123 Å². The van der Waals surface area contributed by atoms with Gasteiger partial charge < -0.3 is 15.8 Å². The van der Waals surface area contributed by atoms with Crippen molar-refractivity contribution in [1.29, 1.82) is 5.41 Å². The molecule has 0 unspecified atom stereocenters. The van der Waals surface area contributed by atoms with E-state index in [9.17, 15) is 0 Å². The Morgan fingerprint density at radius 1 is 1.26 bits per heavy atom. The highest BCUT2D eigenvalue weighted by atomic mass is 16.5. The van der Waals surface area contributed by atoms with Crippen LogP contribution in [-0.4, -0.2) is 39.8 Å². The molecule has 0 atom stereocenters. The first-order chi connectivity index (χ1) is 9.17. The summed E-state index contributed by atoms with van der Waals surface area (Å²) >= 11 is 0. The van der Waals surface area contributed by atoms with Gasteiger partial charge in [0, 0.05) is 25.0 Å². The van der Waals surface area contributed by atoms with Crippen molar-refractivity contribution in [1.82, 2.24) is 19.9 Å². The highest BCUT2D eigenvalue weighted by molar-refractivity contribution is 6.15. The molecule has 2 rings (SSSR count). The zero-order chi connectivity index (χ0) is 13.8. The zero-order valence-electron chi connectivity index (χ0n) is 10.5. The van der Waals surface area contributed by atoms with Gasteiger partial charge in [-0.1, -0.05) is 0 Å². The van der Waals surface area contributed by atoms with Crippen molar-refractivity contribution in [3.63, 3.8) is 0 Å². The molecule has 2 aromatic rings. The van der Waals surface area contributed by atoms with Gasteiger partial charge in [-0.3, -0.25) is 5.41 Å². The van der Waals surface area contributed by atoms with Crippen LogP contribution in [0.25, 0.3) is 0 Å². The molecule has 0 aliphatic carbocycles. The molecule has 98 valence electrons. The lowest BCUT2D eigenvalue weighted by atomic mass is 10.1. The predicted octanol–water partition coefficient (Wildman–Crippen LogP) is 0.315. The molecule has 2 heterocycles. The van der Waals surface area contributed by atoms with Crippen molar-refractivity contribution >= 4 is 17.3 Å². The Morgan fingerprint density at radius 3 is 2.53 bits per heavy atom. The van der Waals surface area contributed by atoms with Crippen LogP contribution in [0, 0.1) is 5.41 Å². The van der Waals surface area contributed by atoms with Gasteiger partial charge in [0.15, 0.2) is 0 Å². The second kappa shape index (κ2) is 5.25. The molecular weight excluding hydrogens is 246 g/mol. The molecule has 0 amide bonds. The van der Waals surface area contributed by atoms with E-state index in [2.05, 4.69) is 25.3 Å². The van der Waals surface area contributed by atoms with Crippen LogP contribution >= 0.6 is 0 Å². The van der Waals surface area contributed by atoms with Gasteiger partial charge in [-0.2, -0.15) is 0 Å². The quantitative estimate of drug-likeness (QED) is 0.675. The van der Waals surface area contributed by atoms with Gasteiger partial charge in [0.05, 0.1) is 18.4 Å². The summed E-state index contributed by atoms with van der Waals surface area (Å²) in [6.07, 6.45) is 4.31. The molecule has 19 heavy (non-hydrogen) atoms. The van der Waals surface area contributed by atoms with E-state index in [1.54, 1.807) is 7.05 Å². The number of hydrogen-bond donors (Lipinski definition) is 3. The van der Waals surface area contributed by atoms with E-state index in [4.69, 9.17) is 15.9 Å². The lowest BCUT2D eigenvalue weighted by Gasteiger charge is -2.10. The predicted molar refractivity (Wildman–Crippen MR) is 70.5 cm³/mol. The zero-order valence-corrected chi connectivity index (χ0v) is 10.5. The number of hydrogen-bond acceptors (Lipinski definition) is 8. The fraction of sp³-hybridized carbons (Fsp3) is 0.182. The molecule has 0 fully saturated rings. The largest absolute Gasteiger partial charge is 0.467 e. The van der Waals surface area contributed by atoms with Gasteiger partial charge in [0.2, 0.25) is 0 Å². The van der Waals surface area contributed by atoms with Crippen LogP contribution in [0.2, 0.25) is 0 Å². The summed E-state index contributed by atoms with van der Waals surface area (Å²) in [7, 11) is 3.17. The second-order valence-electron chi connectivity index (χ2n) is 3.57. The Kier molecular flexibility index (Phi) is 3.51. The summed E-state index contributed by atoms with van der Waals surface area (Å²) in [5.41, 5.74) is 6.85. The van der Waals surface area contributed by atoms with Crippen molar-refractivity contribution in [2.45, 2.75) is 0 Å². The van der Waals surface area contributed by atoms with Crippen LogP contribution in [0.4, 0.5) is 11.6 Å². The molecule has 0 bridgehead atoms. The van der Waals surface area contributed by atoms with E-state index >= 15 is 0 Å². The molecule has 0 aliphatic heterocycles. The lowest BCUT2D eigenvalue weighted by Crippen LogP contribution is -2.12. The van der Waals surface area contributed by atoms with Crippen LogP contribution in [0.1, 0.15) is 11.1 Å². The maximum absolute atomic E-state index is 8.16. The number of rotatable bonds is 4. The first-order valence-electron chi connectivity index (χ1n) is 5.41. The number of nitrogens with two attached hydrogens (primary N) is 1. The van der Waals surface area contributed by atoms with E-state index < -0.39 is 0 Å². The summed E-state index contributed by atoms with van der Waals surface area (Å²) < 4.78 is 4.87. The molecule has 0 aromatic carbocycles. The van der Waals surface area contributed by atoms with E-state index in [0.717, 1.165) is 0 Å². The fourth-order valence-electron chi connectivity index (χ4n) is 1.53. The number of nitrogen functional groups attached to an aromatic ring is 1. The molecule has 8 nitrogen and oxygen atoms in total. The maximum Gasteiger partial charge on any atom is 0.316 e. The van der Waals surface area contributed by atoms with Crippen molar-refractivity contribution < 1.29 is 4.74 Å². The Bertz CT molecular complexity index is 596. The minimum Gasteiger partial charge on any atom is -0.467 e. The molecule has 4 N–H and O–H groups in total. The molecule has 8 heteroatoms. The van der Waals surface area contributed by atoms with Gasteiger partial charge in [0.1, 0.15) is 18.0 Å². The molecule has 0 saturated carbocycles. The number of ether oxygens (including phenoxy) is 1. The van der Waals surface area contributed by atoms with E-state index in [0.29, 0.717) is 16.9 Å². The Morgan fingerprint density at radius 2 is 1.95 bits per heavy atom. The molecule has 0 saturated heterocycles. The van der Waals surface area contributed by atoms with Crippen molar-refractivity contribution in [3.05, 3.63) is 29.8 Å². The number of methoxy groups -OCH3 is 1. The van der Waals surface area contributed by atoms with Crippen LogP contribution in [0.15, 0.2) is 18.7 Å². The third-order valence-electron chi connectivity index (χ3n) is 2.46. The first kappa shape index (κ1) is 12.7. The Balaban J connectivity index is 2.43. The van der Waals surface area contributed by atoms with E-state index in [1.807, 2.05) is 0 Å². The first-order valence-corrected chi connectivity index (χ1v) is 5.41. The molecule has 0 aliphatic rings. The summed E-state index contributed by atoms with van der Waals surface area (Å²) in [5, 5.41) is 11.0. The minimum absolute atomic E-state index is 0.144. The van der Waals surface area contributed by atoms with Gasteiger partial charge in [-0.15, -0.1) is 0 Å². The summed E-state index contributed by atoms with van der Waals surface area (Å²) in [5.74, 6) is 0.702. The Labute approximate surface area is 109 Å². The standard InChI is InChI=1S/C11H13N7O/c1-14-10-7(9(13)17-5-18-10)8(12)6-3-15-11(19-2)16-4-6/h3-5,12H,1-2H3,(H3,13,14,17,18). The number of aromatic nitrogens is 4. The number of nitrogens with one attached hydrogen (secondary N) is 2. The third-order valence-corrected chi connectivity index (χ3v) is 2.46. The molecule has 0 radical (unpaired) electrons. The highest BCUT2D eigenvalue weighted by Gasteiger charge is 2.16. The van der Waals surface area contributed by atoms with E-state index in [1.165, 1.54) is 25.8 Å². The van der Waals surface area contributed by atoms with Crippen molar-refractivity contribution in [2.75, 3.05) is 25.2 Å². The summed E-state index contributed by atoms with van der Waals surface area (Å²) in [6.45, 7) is 0. The number of nitrogens with zero attached hydrogens (tertiary/aromatic N) is 4. The highest BCUT2D eigenvalue weighted by Crippen LogP contribution is 2.20. The second-order valence-corrected chi connectivity index (χ2v) is 3.57. The normalized spacial score (nSPS) is 10.0. The van der Waals surface area contributed by atoms with Crippen LogP contribution in [0.5, 0.6) is 6.01 Å². The van der Waals surface area contributed by atoms with E-state index in [-0.39, 0.29) is 17.5 Å². The van der Waals surface area contributed by atoms with Gasteiger partial charge in [-0.05, 0) is 0 Å². The number of anilines is 2. The fourth-order valence-corrected chi connectivity index (χ4v) is 1.53. The van der Waals surface area contributed by atoms with Crippen molar-refractivity contribution in [2.24, 2.45) is 0 Å². The SMILES string of the molecule is CNc1ncnc(N)c1C(=N)c1cnc(OC)nc1. The maximum atomic E-state index is 8.16. The van der Waals surface area contributed by atoms with Gasteiger partial charge >= 0.3 is 6.01 Å². The molecular formula is C11H13N7O. The lowest BCUT2D eigenvalue weighted by molar-refractivity contribution is 0.379. The minimum atomic E-state index is 0.144. The van der Waals surface area contributed by atoms with Gasteiger partial charge in [0.25, 0.3) is 0 Å². The Hall–Kier alpha value is -2.77. The molecule has 0 spiro atoms. The van der Waals surface area contributed by atoms with Crippen LogP contribution in [-0.2, 0) is 0 Å². The third kappa shape index (κ3) is 2.41. The molecule has 2 aromatic heterocycles. The average Bonchev–Trinajstić information content (AvgIpc) is 2.46. The van der Waals surface area contributed by atoms with Crippen LogP contribution < -0.4 is 15.8 Å². The van der Waals surface area contributed by atoms with Gasteiger partial charge in [-0.25, -0.2) is 19.9 Å². The smallest absolute Gasteiger partial charge is 0.316 e. The summed E-state index contributed by atoms with van der Waals surface area (Å²) in [4.78, 5) is 15.8.